The molecule has 3 heterocycles. The van der Waals surface area contributed by atoms with Crippen LogP contribution in [0.5, 0.6) is 0 Å². The summed E-state index contributed by atoms with van der Waals surface area (Å²) in [7, 11) is 2.53. The number of aromatic nitrogens is 2. The molecule has 2 aromatic rings. The lowest BCUT2D eigenvalue weighted by Gasteiger charge is -2.21. The van der Waals surface area contributed by atoms with Crippen LogP contribution in [-0.4, -0.2) is 49.2 Å². The molecule has 2 N–H and O–H groups in total. The number of hydrogen-bond donors (Lipinski definition) is 2. The number of quaternary nitrogens is 1. The lowest BCUT2D eigenvalue weighted by molar-refractivity contribution is -0.915. The van der Waals surface area contributed by atoms with Gasteiger partial charge in [0.2, 0.25) is 0 Å². The van der Waals surface area contributed by atoms with E-state index >= 15 is 0 Å². The van der Waals surface area contributed by atoms with Gasteiger partial charge in [-0.3, -0.25) is 9.59 Å². The van der Waals surface area contributed by atoms with Crippen LogP contribution >= 0.6 is 11.3 Å². The van der Waals surface area contributed by atoms with Crippen LogP contribution in [0.25, 0.3) is 10.2 Å². The van der Waals surface area contributed by atoms with E-state index in [0.29, 0.717) is 22.8 Å². The van der Waals surface area contributed by atoms with Crippen molar-refractivity contribution < 1.29 is 24.0 Å². The minimum Gasteiger partial charge on any atom is -0.469 e. The molecule has 1 fully saturated rings. The van der Waals surface area contributed by atoms with Crippen molar-refractivity contribution in [1.82, 2.24) is 9.97 Å². The normalized spacial score (nSPS) is 15.8. The van der Waals surface area contributed by atoms with Gasteiger partial charge in [-0.05, 0) is 25.7 Å². The lowest BCUT2D eigenvalue weighted by Crippen LogP contribution is -3.10. The Morgan fingerprint density at radius 2 is 1.79 bits per heavy atom. The summed E-state index contributed by atoms with van der Waals surface area (Å²) in [5, 5.41) is 0.266. The van der Waals surface area contributed by atoms with Gasteiger partial charge in [0.15, 0.2) is 5.82 Å². The van der Waals surface area contributed by atoms with E-state index in [2.05, 4.69) is 9.97 Å². The molecule has 1 saturated heterocycles. The first-order valence-electron chi connectivity index (χ1n) is 9.56. The summed E-state index contributed by atoms with van der Waals surface area (Å²) in [5.41, 5.74) is -0.0191. The third-order valence-electron chi connectivity index (χ3n) is 5.11. The molecule has 0 amide bonds. The van der Waals surface area contributed by atoms with Gasteiger partial charge in [-0.15, -0.1) is 11.3 Å². The molecule has 0 saturated carbocycles. The molecule has 0 aliphatic carbocycles. The lowest BCUT2D eigenvalue weighted by atomic mass is 10.1. The minimum absolute atomic E-state index is 0.178. The van der Waals surface area contributed by atoms with E-state index in [9.17, 15) is 14.4 Å². The predicted octanol–water partition coefficient (Wildman–Crippen LogP) is 0.836. The highest BCUT2D eigenvalue weighted by Crippen LogP contribution is 2.29. The van der Waals surface area contributed by atoms with E-state index in [0.717, 1.165) is 24.4 Å². The molecule has 0 spiro atoms. The topological polar surface area (TPSA) is 103 Å². The number of rotatable bonds is 5. The van der Waals surface area contributed by atoms with Crippen molar-refractivity contribution >= 4 is 33.5 Å². The van der Waals surface area contributed by atoms with Gasteiger partial charge in [-0.2, -0.15) is 0 Å². The smallest absolute Gasteiger partial charge is 0.348 e. The van der Waals surface area contributed by atoms with Gasteiger partial charge >= 0.3 is 11.9 Å². The predicted molar refractivity (Wildman–Crippen MR) is 105 cm³/mol. The molecular formula is C19H26N3O5S+. The Balaban J connectivity index is 1.96. The highest BCUT2D eigenvalue weighted by atomic mass is 32.1. The van der Waals surface area contributed by atoms with Crippen LogP contribution in [0.15, 0.2) is 4.79 Å². The van der Waals surface area contributed by atoms with Crippen molar-refractivity contribution in [2.75, 3.05) is 27.3 Å². The van der Waals surface area contributed by atoms with Crippen LogP contribution in [0.1, 0.15) is 53.2 Å². The molecule has 0 radical (unpaired) electrons. The van der Waals surface area contributed by atoms with Gasteiger partial charge in [0, 0.05) is 5.56 Å². The molecule has 152 valence electrons. The number of methoxy groups -OCH3 is 2. The van der Waals surface area contributed by atoms with Crippen molar-refractivity contribution in [2.24, 2.45) is 0 Å². The maximum atomic E-state index is 12.8. The van der Waals surface area contributed by atoms with Crippen molar-refractivity contribution in [3.8, 4) is 0 Å². The molecule has 0 unspecified atom stereocenters. The quantitative estimate of drug-likeness (QED) is 0.711. The zero-order chi connectivity index (χ0) is 20.1. The summed E-state index contributed by atoms with van der Waals surface area (Å²) in [6.45, 7) is 2.77. The number of nitrogens with one attached hydrogen (secondary N) is 2. The summed E-state index contributed by atoms with van der Waals surface area (Å²) in [6, 6.07) is 0. The second-order valence-electron chi connectivity index (χ2n) is 7.04. The Morgan fingerprint density at radius 3 is 2.43 bits per heavy atom. The van der Waals surface area contributed by atoms with E-state index in [-0.39, 0.29) is 22.2 Å². The third kappa shape index (κ3) is 4.59. The summed E-state index contributed by atoms with van der Waals surface area (Å²) in [4.78, 5) is 46.2. The molecule has 1 aliphatic heterocycles. The van der Waals surface area contributed by atoms with Crippen LogP contribution in [0.2, 0.25) is 0 Å². The van der Waals surface area contributed by atoms with E-state index in [1.807, 2.05) is 0 Å². The summed E-state index contributed by atoms with van der Waals surface area (Å²) < 4.78 is 9.52. The van der Waals surface area contributed by atoms with Crippen LogP contribution in [-0.2, 0) is 27.2 Å². The summed E-state index contributed by atoms with van der Waals surface area (Å²) >= 11 is 1.08. The molecule has 0 atom stereocenters. The van der Waals surface area contributed by atoms with Crippen molar-refractivity contribution in [2.45, 2.75) is 45.1 Å². The molecule has 0 aromatic carbocycles. The average Bonchev–Trinajstić information content (AvgIpc) is 3.01. The number of hydrogen-bond acceptors (Lipinski definition) is 7. The standard InChI is InChI=1S/C19H25N3O5S/c1-26-14(23)10-12-15-17(24)20-13(11-22-8-6-4-3-5-7-9-22)21-18(15)28-16(12)19(25)27-2/h3-11H2,1-2H3,(H,20,21,24)/p+1. The van der Waals surface area contributed by atoms with Crippen molar-refractivity contribution in [1.29, 1.82) is 0 Å². The molecule has 1 aliphatic rings. The van der Waals surface area contributed by atoms with Gasteiger partial charge < -0.3 is 19.4 Å². The van der Waals surface area contributed by atoms with E-state index < -0.39 is 11.9 Å². The fourth-order valence-electron chi connectivity index (χ4n) is 3.65. The Kier molecular flexibility index (Phi) is 6.79. The SMILES string of the molecule is COC(=O)Cc1c(C(=O)OC)sc2nc(C[NH+]3CCCCCCC3)[nH]c(=O)c12. The molecule has 3 rings (SSSR count). The third-order valence-corrected chi connectivity index (χ3v) is 6.21. The zero-order valence-electron chi connectivity index (χ0n) is 16.3. The van der Waals surface area contributed by atoms with Gasteiger partial charge in [-0.25, -0.2) is 9.78 Å². The highest BCUT2D eigenvalue weighted by Gasteiger charge is 2.25. The molecule has 0 bridgehead atoms. The maximum Gasteiger partial charge on any atom is 0.348 e. The van der Waals surface area contributed by atoms with Crippen LogP contribution in [0, 0.1) is 0 Å². The largest absolute Gasteiger partial charge is 0.469 e. The van der Waals surface area contributed by atoms with E-state index in [1.54, 1.807) is 0 Å². The number of carbonyl (C=O) groups excluding carboxylic acids is 2. The van der Waals surface area contributed by atoms with E-state index in [4.69, 9.17) is 9.47 Å². The van der Waals surface area contributed by atoms with Gasteiger partial charge in [0.05, 0.1) is 39.1 Å². The number of carbonyl (C=O) groups is 2. The Bertz CT molecular complexity index is 912. The summed E-state index contributed by atoms with van der Waals surface area (Å²) in [5.74, 6) is -0.508. The number of fused-ring (bicyclic) bond motifs is 1. The molecular weight excluding hydrogens is 382 g/mol. The summed E-state index contributed by atoms with van der Waals surface area (Å²) in [6.07, 6.45) is 5.96. The fraction of sp³-hybridized carbons (Fsp3) is 0.579. The molecule has 28 heavy (non-hydrogen) atoms. The molecule has 9 heteroatoms. The monoisotopic (exact) mass is 408 g/mol. The van der Waals surface area contributed by atoms with E-state index in [1.165, 1.54) is 51.2 Å². The highest BCUT2D eigenvalue weighted by molar-refractivity contribution is 7.20. The minimum atomic E-state index is -0.586. The molecule has 8 nitrogen and oxygen atoms in total. The first-order valence-corrected chi connectivity index (χ1v) is 10.4. The van der Waals surface area contributed by atoms with Gasteiger partial charge in [-0.1, -0.05) is 6.42 Å². The first-order chi connectivity index (χ1) is 13.5. The first kappa shape index (κ1) is 20.5. The number of esters is 2. The second-order valence-corrected chi connectivity index (χ2v) is 8.04. The average molecular weight is 409 g/mol. The van der Waals surface area contributed by atoms with Crippen LogP contribution in [0.4, 0.5) is 0 Å². The van der Waals surface area contributed by atoms with Gasteiger partial charge in [0.25, 0.3) is 5.56 Å². The fourth-order valence-corrected chi connectivity index (χ4v) is 4.79. The second kappa shape index (κ2) is 9.29. The number of ether oxygens (including phenoxy) is 2. The number of aromatic amines is 1. The van der Waals surface area contributed by atoms with Crippen LogP contribution in [0.3, 0.4) is 0 Å². The number of nitrogens with zero attached hydrogens (tertiary/aromatic N) is 1. The van der Waals surface area contributed by atoms with Gasteiger partial charge in [0.1, 0.15) is 16.3 Å². The van der Waals surface area contributed by atoms with Crippen molar-refractivity contribution in [3.05, 3.63) is 26.6 Å². The Morgan fingerprint density at radius 1 is 1.11 bits per heavy atom. The Hall–Kier alpha value is -2.26. The number of H-pyrrole nitrogens is 1. The van der Waals surface area contributed by atoms with Crippen LogP contribution < -0.4 is 10.5 Å². The van der Waals surface area contributed by atoms with Crippen molar-refractivity contribution in [3.63, 3.8) is 0 Å². The zero-order valence-corrected chi connectivity index (χ0v) is 17.1. The number of likely N-dealkylation sites (tertiary alicyclic amines) is 1. The molecule has 2 aromatic heterocycles. The maximum absolute atomic E-state index is 12.8. The number of thiophene rings is 1. The Labute approximate surface area is 166 Å².